The van der Waals surface area contributed by atoms with Crippen LogP contribution in [0.4, 0.5) is 0 Å². The summed E-state index contributed by atoms with van der Waals surface area (Å²) in [4.78, 5) is 12.1. The molecule has 0 fully saturated rings. The Morgan fingerprint density at radius 1 is 1.14 bits per heavy atom. The first-order valence-electron chi connectivity index (χ1n) is 6.66. The number of rotatable bonds is 4. The second-order valence-electron chi connectivity index (χ2n) is 4.68. The number of ether oxygens (including phenoxy) is 1. The zero-order valence-corrected chi connectivity index (χ0v) is 11.6. The van der Waals surface area contributed by atoms with Gasteiger partial charge in [-0.2, -0.15) is 0 Å². The lowest BCUT2D eigenvalue weighted by Crippen LogP contribution is -2.22. The van der Waals surface area contributed by atoms with Gasteiger partial charge in [0.25, 0.3) is 5.91 Å². The van der Waals surface area contributed by atoms with Gasteiger partial charge >= 0.3 is 0 Å². The maximum atomic E-state index is 12.1. The van der Waals surface area contributed by atoms with Crippen molar-refractivity contribution in [2.45, 2.75) is 6.54 Å². The fraction of sp³-hybridized carbons (Fsp3) is 0.118. The molecular weight excluding hydrogens is 266 g/mol. The van der Waals surface area contributed by atoms with Crippen LogP contribution in [0.3, 0.4) is 0 Å². The average Bonchev–Trinajstić information content (AvgIpc) is 2.96. The first-order valence-corrected chi connectivity index (χ1v) is 6.66. The lowest BCUT2D eigenvalue weighted by Gasteiger charge is -2.02. The third kappa shape index (κ3) is 2.89. The van der Waals surface area contributed by atoms with Crippen molar-refractivity contribution in [2.24, 2.45) is 0 Å². The number of carbonyl (C=O) groups is 1. The van der Waals surface area contributed by atoms with Crippen molar-refractivity contribution in [1.82, 2.24) is 5.32 Å². The fourth-order valence-corrected chi connectivity index (χ4v) is 2.13. The lowest BCUT2D eigenvalue weighted by atomic mass is 10.2. The van der Waals surface area contributed by atoms with Crippen molar-refractivity contribution in [1.29, 1.82) is 0 Å². The third-order valence-electron chi connectivity index (χ3n) is 3.24. The predicted molar refractivity (Wildman–Crippen MR) is 80.4 cm³/mol. The Bertz CT molecular complexity index is 762. The summed E-state index contributed by atoms with van der Waals surface area (Å²) < 4.78 is 10.7. The van der Waals surface area contributed by atoms with Crippen molar-refractivity contribution < 1.29 is 13.9 Å². The van der Waals surface area contributed by atoms with Crippen LogP contribution >= 0.6 is 0 Å². The first kappa shape index (κ1) is 13.2. The van der Waals surface area contributed by atoms with E-state index in [1.807, 2.05) is 36.4 Å². The summed E-state index contributed by atoms with van der Waals surface area (Å²) >= 11 is 0. The number of methoxy groups -OCH3 is 1. The SMILES string of the molecule is COc1ccc2oc(C(=O)NCc3ccccc3)cc2c1. The molecule has 21 heavy (non-hydrogen) atoms. The molecule has 4 nitrogen and oxygen atoms in total. The Balaban J connectivity index is 1.75. The van der Waals surface area contributed by atoms with Gasteiger partial charge in [0.05, 0.1) is 7.11 Å². The Morgan fingerprint density at radius 3 is 2.71 bits per heavy atom. The zero-order valence-electron chi connectivity index (χ0n) is 11.6. The minimum Gasteiger partial charge on any atom is -0.497 e. The van der Waals surface area contributed by atoms with Gasteiger partial charge in [0, 0.05) is 11.9 Å². The maximum absolute atomic E-state index is 12.1. The molecule has 3 rings (SSSR count). The van der Waals surface area contributed by atoms with Crippen LogP contribution in [0.5, 0.6) is 5.75 Å². The zero-order chi connectivity index (χ0) is 14.7. The molecule has 106 valence electrons. The number of amides is 1. The molecule has 1 N–H and O–H groups in total. The number of hydrogen-bond donors (Lipinski definition) is 1. The smallest absolute Gasteiger partial charge is 0.287 e. The summed E-state index contributed by atoms with van der Waals surface area (Å²) in [6.07, 6.45) is 0. The number of nitrogens with one attached hydrogen (secondary N) is 1. The van der Waals surface area contributed by atoms with E-state index in [9.17, 15) is 4.79 Å². The van der Waals surface area contributed by atoms with Crippen LogP contribution in [-0.2, 0) is 6.54 Å². The normalized spacial score (nSPS) is 10.5. The summed E-state index contributed by atoms with van der Waals surface area (Å²) in [5.41, 5.74) is 1.71. The molecule has 0 spiro atoms. The Morgan fingerprint density at radius 2 is 1.95 bits per heavy atom. The van der Waals surface area contributed by atoms with E-state index in [0.717, 1.165) is 16.7 Å². The molecular formula is C17H15NO3. The number of fused-ring (bicyclic) bond motifs is 1. The average molecular weight is 281 g/mol. The molecule has 0 aliphatic rings. The van der Waals surface area contributed by atoms with Crippen molar-refractivity contribution in [3.63, 3.8) is 0 Å². The van der Waals surface area contributed by atoms with Crippen LogP contribution < -0.4 is 10.1 Å². The van der Waals surface area contributed by atoms with Crippen LogP contribution in [0.25, 0.3) is 11.0 Å². The third-order valence-corrected chi connectivity index (χ3v) is 3.24. The van der Waals surface area contributed by atoms with Gasteiger partial charge in [0.15, 0.2) is 5.76 Å². The van der Waals surface area contributed by atoms with Gasteiger partial charge in [0.1, 0.15) is 11.3 Å². The van der Waals surface area contributed by atoms with Crippen LogP contribution in [0, 0.1) is 0 Å². The van der Waals surface area contributed by atoms with Gasteiger partial charge in [-0.3, -0.25) is 4.79 Å². The maximum Gasteiger partial charge on any atom is 0.287 e. The summed E-state index contributed by atoms with van der Waals surface area (Å²) in [7, 11) is 1.61. The molecule has 0 radical (unpaired) electrons. The second-order valence-corrected chi connectivity index (χ2v) is 4.68. The van der Waals surface area contributed by atoms with E-state index in [4.69, 9.17) is 9.15 Å². The van der Waals surface area contributed by atoms with Crippen LogP contribution in [0.2, 0.25) is 0 Å². The van der Waals surface area contributed by atoms with Crippen molar-refractivity contribution >= 4 is 16.9 Å². The molecule has 0 saturated carbocycles. The first-order chi connectivity index (χ1) is 10.3. The minimum absolute atomic E-state index is 0.228. The number of carbonyl (C=O) groups excluding carboxylic acids is 1. The Hall–Kier alpha value is -2.75. The van der Waals surface area contributed by atoms with Crippen LogP contribution in [0.15, 0.2) is 59.0 Å². The molecule has 2 aromatic carbocycles. The van der Waals surface area contributed by atoms with Gasteiger partial charge in [0.2, 0.25) is 0 Å². The molecule has 0 atom stereocenters. The summed E-state index contributed by atoms with van der Waals surface area (Å²) in [5.74, 6) is 0.808. The Kier molecular flexibility index (Phi) is 3.60. The quantitative estimate of drug-likeness (QED) is 0.797. The summed E-state index contributed by atoms with van der Waals surface area (Å²) in [6.45, 7) is 0.472. The predicted octanol–water partition coefficient (Wildman–Crippen LogP) is 3.37. The van der Waals surface area contributed by atoms with Crippen LogP contribution in [-0.4, -0.2) is 13.0 Å². The molecule has 4 heteroatoms. The van der Waals surface area contributed by atoms with E-state index >= 15 is 0 Å². The molecule has 3 aromatic rings. The van der Waals surface area contributed by atoms with E-state index in [0.29, 0.717) is 17.9 Å². The molecule has 1 amide bonds. The van der Waals surface area contributed by atoms with Crippen LogP contribution in [0.1, 0.15) is 16.1 Å². The largest absolute Gasteiger partial charge is 0.497 e. The standard InChI is InChI=1S/C17H15NO3/c1-20-14-7-8-15-13(9-14)10-16(21-15)17(19)18-11-12-5-3-2-4-6-12/h2-10H,11H2,1H3,(H,18,19). The number of hydrogen-bond acceptors (Lipinski definition) is 3. The number of furan rings is 1. The highest BCUT2D eigenvalue weighted by molar-refractivity contribution is 5.96. The van der Waals surface area contributed by atoms with E-state index < -0.39 is 0 Å². The van der Waals surface area contributed by atoms with Gasteiger partial charge in [-0.05, 0) is 29.8 Å². The molecule has 0 aliphatic heterocycles. The van der Waals surface area contributed by atoms with E-state index in [2.05, 4.69) is 5.32 Å². The fourth-order valence-electron chi connectivity index (χ4n) is 2.13. The summed E-state index contributed by atoms with van der Waals surface area (Å²) in [5, 5.41) is 3.69. The van der Waals surface area contributed by atoms with Crippen molar-refractivity contribution in [2.75, 3.05) is 7.11 Å². The topological polar surface area (TPSA) is 51.5 Å². The number of benzene rings is 2. The second kappa shape index (κ2) is 5.71. The molecule has 1 aromatic heterocycles. The molecule has 1 heterocycles. The Labute approximate surface area is 122 Å². The van der Waals surface area contributed by atoms with Crippen molar-refractivity contribution in [3.05, 3.63) is 65.9 Å². The molecule has 0 aliphatic carbocycles. The van der Waals surface area contributed by atoms with Gasteiger partial charge < -0.3 is 14.5 Å². The summed E-state index contributed by atoms with van der Waals surface area (Å²) in [6, 6.07) is 16.9. The van der Waals surface area contributed by atoms with E-state index in [1.165, 1.54) is 0 Å². The molecule has 0 bridgehead atoms. The van der Waals surface area contributed by atoms with Gasteiger partial charge in [-0.25, -0.2) is 0 Å². The molecule has 0 unspecified atom stereocenters. The monoisotopic (exact) mass is 281 g/mol. The van der Waals surface area contributed by atoms with E-state index in [1.54, 1.807) is 25.3 Å². The highest BCUT2D eigenvalue weighted by Gasteiger charge is 2.12. The molecule has 0 saturated heterocycles. The minimum atomic E-state index is -0.228. The van der Waals surface area contributed by atoms with Crippen molar-refractivity contribution in [3.8, 4) is 5.75 Å². The van der Waals surface area contributed by atoms with E-state index in [-0.39, 0.29) is 5.91 Å². The highest BCUT2D eigenvalue weighted by atomic mass is 16.5. The lowest BCUT2D eigenvalue weighted by molar-refractivity contribution is 0.0925. The van der Waals surface area contributed by atoms with Gasteiger partial charge in [-0.1, -0.05) is 30.3 Å². The van der Waals surface area contributed by atoms with Gasteiger partial charge in [-0.15, -0.1) is 0 Å². The highest BCUT2D eigenvalue weighted by Crippen LogP contribution is 2.24.